The van der Waals surface area contributed by atoms with Crippen LogP contribution in [0.2, 0.25) is 5.02 Å². The minimum absolute atomic E-state index is 0.214. The van der Waals surface area contributed by atoms with Crippen molar-refractivity contribution < 1.29 is 13.2 Å². The predicted octanol–water partition coefficient (Wildman–Crippen LogP) is 4.46. The number of nitrogens with zero attached hydrogens (tertiary/aromatic N) is 4. The van der Waals surface area contributed by atoms with E-state index in [1.807, 2.05) is 33.2 Å². The third kappa shape index (κ3) is 5.11. The molecular formula is C22H27ClN4O3S3. The van der Waals surface area contributed by atoms with Crippen LogP contribution in [0.1, 0.15) is 24.8 Å². The molecule has 3 aromatic rings. The normalized spacial score (nSPS) is 17.3. The number of aryl methyl sites for hydroxylation is 1. The quantitative estimate of drug-likeness (QED) is 0.433. The van der Waals surface area contributed by atoms with Gasteiger partial charge in [0.1, 0.15) is 10.3 Å². The Kier molecular flexibility index (Phi) is 7.42. The first-order valence-corrected chi connectivity index (χ1v) is 14.3. The first-order chi connectivity index (χ1) is 15.7. The second-order valence-corrected chi connectivity index (χ2v) is 12.9. The van der Waals surface area contributed by atoms with Crippen LogP contribution in [0.3, 0.4) is 0 Å². The van der Waals surface area contributed by atoms with E-state index in [4.69, 9.17) is 16.6 Å². The van der Waals surface area contributed by atoms with Gasteiger partial charge in [-0.2, -0.15) is 4.31 Å². The van der Waals surface area contributed by atoms with E-state index in [0.29, 0.717) is 36.1 Å². The number of benzene rings is 1. The molecule has 1 aliphatic heterocycles. The van der Waals surface area contributed by atoms with Crippen molar-refractivity contribution in [2.24, 2.45) is 0 Å². The Balaban J connectivity index is 1.68. The van der Waals surface area contributed by atoms with Gasteiger partial charge in [-0.3, -0.25) is 9.69 Å². The Morgan fingerprint density at radius 2 is 2.09 bits per heavy atom. The van der Waals surface area contributed by atoms with Gasteiger partial charge in [0.2, 0.25) is 5.91 Å². The van der Waals surface area contributed by atoms with E-state index in [1.54, 1.807) is 22.4 Å². The molecule has 0 spiro atoms. The molecule has 178 valence electrons. The van der Waals surface area contributed by atoms with Gasteiger partial charge in [-0.15, -0.1) is 11.3 Å². The van der Waals surface area contributed by atoms with Gasteiger partial charge in [0.05, 0.1) is 10.2 Å². The molecule has 1 fully saturated rings. The van der Waals surface area contributed by atoms with Crippen molar-refractivity contribution in [3.63, 3.8) is 0 Å². The summed E-state index contributed by atoms with van der Waals surface area (Å²) in [4.78, 5) is 22.3. The van der Waals surface area contributed by atoms with Gasteiger partial charge in [0.25, 0.3) is 10.0 Å². The number of amides is 1. The fourth-order valence-corrected chi connectivity index (χ4v) is 8.31. The summed E-state index contributed by atoms with van der Waals surface area (Å²) in [6, 6.07) is 6.30. The molecule has 2 aromatic heterocycles. The molecule has 1 unspecified atom stereocenters. The number of thiophene rings is 1. The third-order valence-electron chi connectivity index (χ3n) is 5.67. The Hall–Kier alpha value is -1.56. The van der Waals surface area contributed by atoms with Crippen LogP contribution in [0.25, 0.3) is 10.2 Å². The summed E-state index contributed by atoms with van der Waals surface area (Å²) in [6.07, 6.45) is 1.91. The standard InChI is InChI=1S/C22H27ClN4O3S3/c1-15-13-16(23)14-18-20(15)24-22(32-18)26(10-6-9-25(2)3)21(28)17-7-4-11-27(17)33(29,30)19-8-5-12-31-19/h5,8,12-14,17H,4,6-7,9-11H2,1-3H3. The van der Waals surface area contributed by atoms with Crippen molar-refractivity contribution in [3.8, 4) is 0 Å². The minimum Gasteiger partial charge on any atom is -0.309 e. The van der Waals surface area contributed by atoms with Crippen LogP contribution in [0.4, 0.5) is 5.13 Å². The molecule has 1 atom stereocenters. The lowest BCUT2D eigenvalue weighted by molar-refractivity contribution is -0.121. The summed E-state index contributed by atoms with van der Waals surface area (Å²) in [6.45, 7) is 3.56. The molecule has 11 heteroatoms. The number of aromatic nitrogens is 1. The number of carbonyl (C=O) groups is 1. The highest BCUT2D eigenvalue weighted by Crippen LogP contribution is 2.35. The van der Waals surface area contributed by atoms with Gasteiger partial charge in [-0.25, -0.2) is 13.4 Å². The lowest BCUT2D eigenvalue weighted by atomic mass is 10.2. The number of hydrogen-bond acceptors (Lipinski definition) is 7. The predicted molar refractivity (Wildman–Crippen MR) is 136 cm³/mol. The molecule has 0 N–H and O–H groups in total. The SMILES string of the molecule is Cc1cc(Cl)cc2sc(N(CCCN(C)C)C(=O)C3CCCN3S(=O)(=O)c3cccs3)nc12. The zero-order chi connectivity index (χ0) is 23.8. The highest BCUT2D eigenvalue weighted by Gasteiger charge is 2.42. The minimum atomic E-state index is -3.71. The summed E-state index contributed by atoms with van der Waals surface area (Å²) in [5, 5.41) is 2.95. The van der Waals surface area contributed by atoms with E-state index in [9.17, 15) is 13.2 Å². The van der Waals surface area contributed by atoms with Crippen LogP contribution in [0.5, 0.6) is 0 Å². The zero-order valence-electron chi connectivity index (χ0n) is 18.8. The van der Waals surface area contributed by atoms with Crippen molar-refractivity contribution in [2.45, 2.75) is 36.4 Å². The van der Waals surface area contributed by atoms with Gasteiger partial charge in [0, 0.05) is 18.1 Å². The van der Waals surface area contributed by atoms with Crippen molar-refractivity contribution in [3.05, 3.63) is 40.2 Å². The fourth-order valence-electron chi connectivity index (χ4n) is 4.08. The average Bonchev–Trinajstić information content (AvgIpc) is 3.51. The van der Waals surface area contributed by atoms with Crippen molar-refractivity contribution in [2.75, 3.05) is 38.6 Å². The Bertz CT molecular complexity index is 1240. The lowest BCUT2D eigenvalue weighted by Gasteiger charge is -2.28. The molecular weight excluding hydrogens is 500 g/mol. The van der Waals surface area contributed by atoms with E-state index in [2.05, 4.69) is 4.90 Å². The molecule has 7 nitrogen and oxygen atoms in total. The number of hydrogen-bond donors (Lipinski definition) is 0. The molecule has 0 saturated carbocycles. The largest absolute Gasteiger partial charge is 0.309 e. The molecule has 0 radical (unpaired) electrons. The highest BCUT2D eigenvalue weighted by atomic mass is 35.5. The van der Waals surface area contributed by atoms with E-state index in [-0.39, 0.29) is 10.1 Å². The maximum atomic E-state index is 13.8. The monoisotopic (exact) mass is 526 g/mol. The zero-order valence-corrected chi connectivity index (χ0v) is 22.0. The maximum Gasteiger partial charge on any atom is 0.253 e. The van der Waals surface area contributed by atoms with Crippen LogP contribution in [-0.4, -0.2) is 68.3 Å². The Morgan fingerprint density at radius 3 is 2.79 bits per heavy atom. The number of fused-ring (bicyclic) bond motifs is 1. The first-order valence-electron chi connectivity index (χ1n) is 10.8. The van der Waals surface area contributed by atoms with E-state index in [0.717, 1.165) is 28.7 Å². The fraction of sp³-hybridized carbons (Fsp3) is 0.455. The van der Waals surface area contributed by atoms with Crippen LogP contribution in [0.15, 0.2) is 33.9 Å². The summed E-state index contributed by atoms with van der Waals surface area (Å²) >= 11 is 8.83. The van der Waals surface area contributed by atoms with Gasteiger partial charge in [0.15, 0.2) is 5.13 Å². The number of sulfonamides is 1. The van der Waals surface area contributed by atoms with E-state index in [1.165, 1.54) is 27.0 Å². The number of anilines is 1. The smallest absolute Gasteiger partial charge is 0.253 e. The molecule has 4 rings (SSSR count). The van der Waals surface area contributed by atoms with Crippen LogP contribution < -0.4 is 4.90 Å². The van der Waals surface area contributed by atoms with Crippen LogP contribution in [0, 0.1) is 6.92 Å². The van der Waals surface area contributed by atoms with Crippen molar-refractivity contribution in [1.82, 2.24) is 14.2 Å². The van der Waals surface area contributed by atoms with Gasteiger partial charge in [-0.05, 0) is 76.0 Å². The molecule has 1 aromatic carbocycles. The summed E-state index contributed by atoms with van der Waals surface area (Å²) in [7, 11) is 0.261. The Morgan fingerprint density at radius 1 is 1.30 bits per heavy atom. The summed E-state index contributed by atoms with van der Waals surface area (Å²) < 4.78 is 29.0. The van der Waals surface area contributed by atoms with Gasteiger partial charge >= 0.3 is 0 Å². The maximum absolute atomic E-state index is 13.8. The van der Waals surface area contributed by atoms with Crippen molar-refractivity contribution in [1.29, 1.82) is 0 Å². The van der Waals surface area contributed by atoms with E-state index < -0.39 is 16.1 Å². The average molecular weight is 527 g/mol. The molecule has 1 saturated heterocycles. The molecule has 1 amide bonds. The first kappa shape index (κ1) is 24.6. The highest BCUT2D eigenvalue weighted by molar-refractivity contribution is 7.91. The lowest BCUT2D eigenvalue weighted by Crippen LogP contribution is -2.48. The topological polar surface area (TPSA) is 73.8 Å². The number of rotatable bonds is 8. The summed E-state index contributed by atoms with van der Waals surface area (Å²) in [5.41, 5.74) is 1.77. The summed E-state index contributed by atoms with van der Waals surface area (Å²) in [5.74, 6) is -0.214. The number of carbonyl (C=O) groups excluding carboxylic acids is 1. The van der Waals surface area contributed by atoms with Gasteiger partial charge in [-0.1, -0.05) is 29.0 Å². The van der Waals surface area contributed by atoms with Crippen LogP contribution in [-0.2, 0) is 14.8 Å². The van der Waals surface area contributed by atoms with Crippen molar-refractivity contribution >= 4 is 65.6 Å². The second-order valence-electron chi connectivity index (χ2n) is 8.42. The number of thiazole rings is 1. The number of halogens is 1. The Labute approximate surface area is 207 Å². The molecule has 0 bridgehead atoms. The molecule has 1 aliphatic rings. The molecule has 33 heavy (non-hydrogen) atoms. The van der Waals surface area contributed by atoms with Gasteiger partial charge < -0.3 is 4.90 Å². The van der Waals surface area contributed by atoms with E-state index >= 15 is 0 Å². The second kappa shape index (κ2) is 9.97. The molecule has 3 heterocycles. The van der Waals surface area contributed by atoms with Crippen LogP contribution >= 0.6 is 34.3 Å². The molecule has 0 aliphatic carbocycles. The third-order valence-corrected chi connectivity index (χ3v) is 10.2.